The summed E-state index contributed by atoms with van der Waals surface area (Å²) in [5.41, 5.74) is 2.09. The lowest BCUT2D eigenvalue weighted by atomic mass is 10.0. The summed E-state index contributed by atoms with van der Waals surface area (Å²) in [4.78, 5) is 24.8. The van der Waals surface area contributed by atoms with Gasteiger partial charge < -0.3 is 10.6 Å². The lowest BCUT2D eigenvalue weighted by Gasteiger charge is -2.12. The fourth-order valence-electron chi connectivity index (χ4n) is 2.79. The van der Waals surface area contributed by atoms with E-state index in [2.05, 4.69) is 17.2 Å². The first-order valence-electron chi connectivity index (χ1n) is 8.25. The van der Waals surface area contributed by atoms with Gasteiger partial charge in [0.25, 0.3) is 0 Å². The van der Waals surface area contributed by atoms with Gasteiger partial charge in [0, 0.05) is 29.3 Å². The van der Waals surface area contributed by atoms with Gasteiger partial charge in [0.05, 0.1) is 5.92 Å². The van der Waals surface area contributed by atoms with E-state index in [1.54, 1.807) is 23.9 Å². The molecular formula is C20H19FN2O2S. The SMILES string of the molecule is C=CC(=O)NCc1ccc(CNC(=O)C2CSc3ccccc32)c(F)c1. The number of thioether (sulfide) groups is 1. The minimum atomic E-state index is -0.406. The van der Waals surface area contributed by atoms with Gasteiger partial charge in [0.15, 0.2) is 0 Å². The molecule has 0 bridgehead atoms. The highest BCUT2D eigenvalue weighted by Crippen LogP contribution is 2.39. The zero-order valence-electron chi connectivity index (χ0n) is 14.1. The van der Waals surface area contributed by atoms with E-state index < -0.39 is 5.82 Å². The first-order chi connectivity index (χ1) is 12.6. The van der Waals surface area contributed by atoms with E-state index in [0.717, 1.165) is 10.5 Å². The fourth-order valence-corrected chi connectivity index (χ4v) is 4.02. The van der Waals surface area contributed by atoms with Gasteiger partial charge in [-0.05, 0) is 29.3 Å². The van der Waals surface area contributed by atoms with E-state index in [0.29, 0.717) is 16.9 Å². The van der Waals surface area contributed by atoms with Crippen LogP contribution in [0, 0.1) is 5.82 Å². The molecule has 1 unspecified atom stereocenters. The predicted octanol–water partition coefficient (Wildman–Crippen LogP) is 3.13. The third kappa shape index (κ3) is 4.14. The number of hydrogen-bond donors (Lipinski definition) is 2. The average molecular weight is 370 g/mol. The Hall–Kier alpha value is -2.60. The van der Waals surface area contributed by atoms with Crippen molar-refractivity contribution in [1.82, 2.24) is 10.6 Å². The van der Waals surface area contributed by atoms with Crippen LogP contribution in [0.4, 0.5) is 4.39 Å². The minimum absolute atomic E-state index is 0.0934. The van der Waals surface area contributed by atoms with Crippen LogP contribution in [0.5, 0.6) is 0 Å². The number of nitrogens with one attached hydrogen (secondary N) is 2. The summed E-state index contributed by atoms with van der Waals surface area (Å²) in [6.45, 7) is 3.72. The van der Waals surface area contributed by atoms with Crippen molar-refractivity contribution in [2.45, 2.75) is 23.9 Å². The lowest BCUT2D eigenvalue weighted by molar-refractivity contribution is -0.122. The molecule has 134 valence electrons. The topological polar surface area (TPSA) is 58.2 Å². The second-order valence-corrected chi connectivity index (χ2v) is 7.03. The van der Waals surface area contributed by atoms with Crippen LogP contribution in [0.2, 0.25) is 0 Å². The molecular weight excluding hydrogens is 351 g/mol. The van der Waals surface area contributed by atoms with Gasteiger partial charge in [-0.15, -0.1) is 11.8 Å². The van der Waals surface area contributed by atoms with Crippen LogP contribution < -0.4 is 10.6 Å². The molecule has 2 aromatic rings. The molecule has 26 heavy (non-hydrogen) atoms. The molecule has 2 amide bonds. The molecule has 3 rings (SSSR count). The van der Waals surface area contributed by atoms with Crippen LogP contribution in [0.3, 0.4) is 0 Å². The number of carbonyl (C=O) groups excluding carboxylic acids is 2. The Morgan fingerprint density at radius 3 is 2.77 bits per heavy atom. The quantitative estimate of drug-likeness (QED) is 0.768. The standard InChI is InChI=1S/C20H19FN2O2S/c1-2-19(24)22-10-13-7-8-14(17(21)9-13)11-23-20(25)16-12-26-18-6-4-3-5-15(16)18/h2-9,16H,1,10-12H2,(H,22,24)(H,23,25). The maximum atomic E-state index is 14.2. The molecule has 0 spiro atoms. The first kappa shape index (κ1) is 18.2. The highest BCUT2D eigenvalue weighted by atomic mass is 32.2. The summed E-state index contributed by atoms with van der Waals surface area (Å²) in [5.74, 6) is -0.305. The lowest BCUT2D eigenvalue weighted by Crippen LogP contribution is -2.29. The van der Waals surface area contributed by atoms with Crippen molar-refractivity contribution in [2.75, 3.05) is 5.75 Å². The van der Waals surface area contributed by atoms with Crippen molar-refractivity contribution >= 4 is 23.6 Å². The Morgan fingerprint density at radius 2 is 2.00 bits per heavy atom. The van der Waals surface area contributed by atoms with Crippen molar-refractivity contribution in [3.63, 3.8) is 0 Å². The van der Waals surface area contributed by atoms with Crippen LogP contribution in [0.1, 0.15) is 22.6 Å². The zero-order chi connectivity index (χ0) is 18.5. The summed E-state index contributed by atoms with van der Waals surface area (Å²) >= 11 is 1.66. The molecule has 1 aliphatic rings. The summed E-state index contributed by atoms with van der Waals surface area (Å²) < 4.78 is 14.2. The molecule has 6 heteroatoms. The van der Waals surface area contributed by atoms with E-state index in [1.165, 1.54) is 12.1 Å². The van der Waals surface area contributed by atoms with Gasteiger partial charge in [-0.3, -0.25) is 9.59 Å². The second kappa shape index (κ2) is 8.19. The third-order valence-electron chi connectivity index (χ3n) is 4.24. The number of benzene rings is 2. The number of halogens is 1. The molecule has 1 aliphatic heterocycles. The molecule has 0 fully saturated rings. The number of fused-ring (bicyclic) bond motifs is 1. The average Bonchev–Trinajstić information content (AvgIpc) is 3.09. The molecule has 0 saturated carbocycles. The molecule has 0 saturated heterocycles. The molecule has 0 aromatic heterocycles. The first-order valence-corrected chi connectivity index (χ1v) is 9.24. The summed E-state index contributed by atoms with van der Waals surface area (Å²) in [6.07, 6.45) is 1.17. The fraction of sp³-hybridized carbons (Fsp3) is 0.200. The van der Waals surface area contributed by atoms with Crippen molar-refractivity contribution < 1.29 is 14.0 Å². The molecule has 1 heterocycles. The smallest absolute Gasteiger partial charge is 0.243 e. The van der Waals surface area contributed by atoms with Crippen LogP contribution >= 0.6 is 11.8 Å². The van der Waals surface area contributed by atoms with Crippen LogP contribution in [0.25, 0.3) is 0 Å². The Balaban J connectivity index is 1.59. The molecule has 0 radical (unpaired) electrons. The van der Waals surface area contributed by atoms with E-state index in [9.17, 15) is 14.0 Å². The molecule has 4 nitrogen and oxygen atoms in total. The van der Waals surface area contributed by atoms with Crippen molar-refractivity contribution in [3.05, 3.63) is 77.6 Å². The van der Waals surface area contributed by atoms with Crippen LogP contribution in [-0.2, 0) is 22.7 Å². The molecule has 2 aromatic carbocycles. The van der Waals surface area contributed by atoms with Crippen LogP contribution in [-0.4, -0.2) is 17.6 Å². The van der Waals surface area contributed by atoms with E-state index >= 15 is 0 Å². The number of amides is 2. The Kier molecular flexibility index (Phi) is 5.73. The largest absolute Gasteiger partial charge is 0.351 e. The van der Waals surface area contributed by atoms with Gasteiger partial charge in [0.2, 0.25) is 11.8 Å². The third-order valence-corrected chi connectivity index (χ3v) is 5.42. The van der Waals surface area contributed by atoms with Crippen molar-refractivity contribution in [1.29, 1.82) is 0 Å². The number of carbonyl (C=O) groups is 2. The van der Waals surface area contributed by atoms with Crippen molar-refractivity contribution in [2.24, 2.45) is 0 Å². The molecule has 1 atom stereocenters. The summed E-state index contributed by atoms with van der Waals surface area (Å²) in [6, 6.07) is 12.6. The second-order valence-electron chi connectivity index (χ2n) is 5.97. The Labute approximate surface area is 155 Å². The normalized spacial score (nSPS) is 15.2. The van der Waals surface area contributed by atoms with Gasteiger partial charge in [-0.2, -0.15) is 0 Å². The van der Waals surface area contributed by atoms with Gasteiger partial charge >= 0.3 is 0 Å². The highest BCUT2D eigenvalue weighted by Gasteiger charge is 2.28. The zero-order valence-corrected chi connectivity index (χ0v) is 14.9. The van der Waals surface area contributed by atoms with Crippen molar-refractivity contribution in [3.8, 4) is 0 Å². The predicted molar refractivity (Wildman–Crippen MR) is 100 cm³/mol. The monoisotopic (exact) mass is 370 g/mol. The van der Waals surface area contributed by atoms with Crippen LogP contribution in [0.15, 0.2) is 60.0 Å². The van der Waals surface area contributed by atoms with Gasteiger partial charge in [-0.25, -0.2) is 4.39 Å². The maximum Gasteiger partial charge on any atom is 0.243 e. The van der Waals surface area contributed by atoms with E-state index in [1.807, 2.05) is 24.3 Å². The maximum absolute atomic E-state index is 14.2. The Morgan fingerprint density at radius 1 is 1.19 bits per heavy atom. The van der Waals surface area contributed by atoms with Gasteiger partial charge in [-0.1, -0.05) is 36.9 Å². The van der Waals surface area contributed by atoms with E-state index in [4.69, 9.17) is 0 Å². The molecule has 0 aliphatic carbocycles. The number of rotatable bonds is 6. The Bertz CT molecular complexity index is 853. The van der Waals surface area contributed by atoms with E-state index in [-0.39, 0.29) is 30.8 Å². The highest BCUT2D eigenvalue weighted by molar-refractivity contribution is 7.99. The molecule has 2 N–H and O–H groups in total. The number of hydrogen-bond acceptors (Lipinski definition) is 3. The minimum Gasteiger partial charge on any atom is -0.351 e. The summed E-state index contributed by atoms with van der Waals surface area (Å²) in [7, 11) is 0. The van der Waals surface area contributed by atoms with Gasteiger partial charge in [0.1, 0.15) is 5.82 Å². The summed E-state index contributed by atoms with van der Waals surface area (Å²) in [5, 5.41) is 5.42.